The molecule has 1 aliphatic carbocycles. The van der Waals surface area contributed by atoms with E-state index in [0.717, 1.165) is 0 Å². The molecule has 120 valence electrons. The number of rotatable bonds is 3. The maximum atomic E-state index is 13.4. The molecule has 22 heavy (non-hydrogen) atoms. The predicted octanol–water partition coefficient (Wildman–Crippen LogP) is 2.39. The summed E-state index contributed by atoms with van der Waals surface area (Å²) in [7, 11) is 0. The minimum atomic E-state index is -5.85. The lowest BCUT2D eigenvalue weighted by Gasteiger charge is -2.19. The largest absolute Gasteiger partial charge is 0.463 e. The molecule has 2 rings (SSSR count). The number of aliphatic imine (C=N–C) groups is 1. The van der Waals surface area contributed by atoms with Crippen molar-refractivity contribution in [3.8, 4) is 0 Å². The molecular weight excluding hydrogens is 315 g/mol. The first-order chi connectivity index (χ1) is 10.0. The monoisotopic (exact) mass is 324 g/mol. The second-order valence-electron chi connectivity index (χ2n) is 4.62. The molecule has 1 saturated carbocycles. The minimum absolute atomic E-state index is 0.236. The van der Waals surface area contributed by atoms with E-state index in [1.165, 1.54) is 0 Å². The van der Waals surface area contributed by atoms with Crippen LogP contribution in [0.2, 0.25) is 0 Å². The van der Waals surface area contributed by atoms with Crippen LogP contribution in [-0.2, 0) is 5.92 Å². The highest BCUT2D eigenvalue weighted by Crippen LogP contribution is 2.44. The van der Waals surface area contributed by atoms with Crippen LogP contribution in [0.5, 0.6) is 0 Å². The van der Waals surface area contributed by atoms with Crippen molar-refractivity contribution in [1.29, 1.82) is 0 Å². The van der Waals surface area contributed by atoms with Gasteiger partial charge in [-0.1, -0.05) is 0 Å². The van der Waals surface area contributed by atoms with E-state index in [9.17, 15) is 26.7 Å². The van der Waals surface area contributed by atoms with Crippen molar-refractivity contribution < 1.29 is 31.9 Å². The Morgan fingerprint density at radius 1 is 1.27 bits per heavy atom. The van der Waals surface area contributed by atoms with E-state index in [1.807, 2.05) is 0 Å². The van der Waals surface area contributed by atoms with E-state index in [-0.39, 0.29) is 11.7 Å². The van der Waals surface area contributed by atoms with E-state index in [4.69, 9.17) is 10.8 Å². The van der Waals surface area contributed by atoms with Gasteiger partial charge in [0.05, 0.1) is 0 Å². The normalized spacial score (nSPS) is 16.7. The average Bonchev–Trinajstić information content (AvgIpc) is 3.20. The van der Waals surface area contributed by atoms with Crippen LogP contribution in [0.1, 0.15) is 36.0 Å². The van der Waals surface area contributed by atoms with E-state index in [0.29, 0.717) is 18.9 Å². The first-order valence-electron chi connectivity index (χ1n) is 5.94. The maximum absolute atomic E-state index is 13.4. The molecule has 0 aliphatic heterocycles. The topological polar surface area (TPSA) is 101 Å². The van der Waals surface area contributed by atoms with Gasteiger partial charge in [-0.05, 0) is 18.9 Å². The summed E-state index contributed by atoms with van der Waals surface area (Å²) >= 11 is 0. The molecule has 11 heteroatoms. The number of alkyl halides is 5. The molecule has 1 amide bonds. The molecule has 0 atom stereocenters. The Morgan fingerprint density at radius 2 is 1.86 bits per heavy atom. The molecule has 1 fully saturated rings. The van der Waals surface area contributed by atoms with Gasteiger partial charge < -0.3 is 10.8 Å². The Bertz CT molecular complexity index is 640. The molecule has 1 aromatic heterocycles. The number of nitrogens with two attached hydrogens (primary N) is 1. The van der Waals surface area contributed by atoms with Crippen molar-refractivity contribution in [3.05, 3.63) is 23.3 Å². The van der Waals surface area contributed by atoms with E-state index >= 15 is 0 Å². The van der Waals surface area contributed by atoms with Crippen molar-refractivity contribution in [3.63, 3.8) is 0 Å². The Kier molecular flexibility index (Phi) is 3.75. The molecule has 0 radical (unpaired) electrons. The summed E-state index contributed by atoms with van der Waals surface area (Å²) in [6.07, 6.45) is -6.50. The molecule has 0 unspecified atom stereocenters. The SMILES string of the molecule is NC(=NC(=O)O)c1cc(C(F)(F)C(F)(F)F)nc(C2CC2)n1. The number of nitrogens with zero attached hydrogens (tertiary/aromatic N) is 3. The van der Waals surface area contributed by atoms with Crippen LogP contribution in [0, 0.1) is 0 Å². The molecule has 1 aliphatic rings. The average molecular weight is 324 g/mol. The molecule has 1 aromatic rings. The Hall–Kier alpha value is -2.33. The summed E-state index contributed by atoms with van der Waals surface area (Å²) < 4.78 is 64.2. The van der Waals surface area contributed by atoms with Gasteiger partial charge in [0, 0.05) is 5.92 Å². The standard InChI is InChI=1S/C11H9F5N4O2/c12-10(13,11(14,15)16)6-3-5(7(17)20-9(21)22)18-8(19-6)4-1-2-4/h3-4H,1-2H2,(H2,17,20)(H,21,22). The van der Waals surface area contributed by atoms with Crippen molar-refractivity contribution in [1.82, 2.24) is 9.97 Å². The van der Waals surface area contributed by atoms with Gasteiger partial charge in [-0.15, -0.1) is 0 Å². The number of hydrogen-bond acceptors (Lipinski definition) is 3. The zero-order valence-corrected chi connectivity index (χ0v) is 10.7. The summed E-state index contributed by atoms with van der Waals surface area (Å²) in [6, 6.07) is 0.293. The van der Waals surface area contributed by atoms with Gasteiger partial charge in [-0.3, -0.25) is 0 Å². The highest BCUT2D eigenvalue weighted by atomic mass is 19.4. The molecule has 3 N–H and O–H groups in total. The molecule has 0 bridgehead atoms. The fourth-order valence-corrected chi connectivity index (χ4v) is 1.59. The van der Waals surface area contributed by atoms with Crippen LogP contribution in [0.15, 0.2) is 11.1 Å². The van der Waals surface area contributed by atoms with Crippen LogP contribution >= 0.6 is 0 Å². The Morgan fingerprint density at radius 3 is 2.32 bits per heavy atom. The van der Waals surface area contributed by atoms with Crippen LogP contribution in [0.4, 0.5) is 26.7 Å². The van der Waals surface area contributed by atoms with Crippen LogP contribution in [0.25, 0.3) is 0 Å². The maximum Gasteiger partial charge on any atom is 0.459 e. The molecule has 1 heterocycles. The first kappa shape index (κ1) is 16.0. The zero-order valence-electron chi connectivity index (χ0n) is 10.7. The number of hydrogen-bond donors (Lipinski definition) is 2. The van der Waals surface area contributed by atoms with Gasteiger partial charge in [0.2, 0.25) is 0 Å². The van der Waals surface area contributed by atoms with Crippen molar-refractivity contribution in [2.75, 3.05) is 0 Å². The number of carboxylic acid groups (broad SMARTS) is 1. The Labute approximate surface area is 119 Å². The molecule has 6 nitrogen and oxygen atoms in total. The molecular formula is C11H9F5N4O2. The minimum Gasteiger partial charge on any atom is -0.463 e. The third-order valence-corrected chi connectivity index (χ3v) is 2.84. The highest BCUT2D eigenvalue weighted by Gasteiger charge is 2.60. The second kappa shape index (κ2) is 5.14. The number of amides is 1. The summed E-state index contributed by atoms with van der Waals surface area (Å²) in [5.74, 6) is -6.57. The summed E-state index contributed by atoms with van der Waals surface area (Å²) in [5, 5.41) is 8.46. The number of aromatic nitrogens is 2. The van der Waals surface area contributed by atoms with Gasteiger partial charge in [0.25, 0.3) is 0 Å². The molecule has 0 aromatic carbocycles. The van der Waals surface area contributed by atoms with Crippen molar-refractivity contribution in [2.45, 2.75) is 30.9 Å². The fraction of sp³-hybridized carbons (Fsp3) is 0.455. The second-order valence-corrected chi connectivity index (χ2v) is 4.62. The number of amidine groups is 1. The third-order valence-electron chi connectivity index (χ3n) is 2.84. The van der Waals surface area contributed by atoms with E-state index in [2.05, 4.69) is 15.0 Å². The first-order valence-corrected chi connectivity index (χ1v) is 5.94. The molecule has 0 spiro atoms. The quantitative estimate of drug-likeness (QED) is 0.505. The van der Waals surface area contributed by atoms with E-state index in [1.54, 1.807) is 0 Å². The number of halogens is 5. The van der Waals surface area contributed by atoms with E-state index < -0.39 is 35.4 Å². The highest BCUT2D eigenvalue weighted by molar-refractivity contribution is 6.01. The van der Waals surface area contributed by atoms with Crippen LogP contribution < -0.4 is 5.73 Å². The fourth-order valence-electron chi connectivity index (χ4n) is 1.59. The smallest absolute Gasteiger partial charge is 0.459 e. The lowest BCUT2D eigenvalue weighted by Crippen LogP contribution is -2.35. The third kappa shape index (κ3) is 3.12. The van der Waals surface area contributed by atoms with Crippen LogP contribution in [-0.4, -0.2) is 33.2 Å². The lowest BCUT2D eigenvalue weighted by atomic mass is 10.1. The predicted molar refractivity (Wildman–Crippen MR) is 62.7 cm³/mol. The van der Waals surface area contributed by atoms with Crippen molar-refractivity contribution in [2.24, 2.45) is 10.7 Å². The van der Waals surface area contributed by atoms with Gasteiger partial charge in [0.15, 0.2) is 5.84 Å². The summed E-state index contributed by atoms with van der Waals surface area (Å²) in [5.41, 5.74) is 3.09. The number of carbonyl (C=O) groups is 1. The van der Waals surface area contributed by atoms with Gasteiger partial charge in [-0.2, -0.15) is 26.9 Å². The van der Waals surface area contributed by atoms with Gasteiger partial charge in [0.1, 0.15) is 17.2 Å². The molecule has 0 saturated heterocycles. The summed E-state index contributed by atoms with van der Waals surface area (Å²) in [6.45, 7) is 0. The van der Waals surface area contributed by atoms with Gasteiger partial charge in [-0.25, -0.2) is 14.8 Å². The van der Waals surface area contributed by atoms with Gasteiger partial charge >= 0.3 is 18.2 Å². The zero-order chi connectivity index (χ0) is 16.7. The van der Waals surface area contributed by atoms with Crippen molar-refractivity contribution >= 4 is 11.9 Å². The summed E-state index contributed by atoms with van der Waals surface area (Å²) in [4.78, 5) is 20.2. The lowest BCUT2D eigenvalue weighted by molar-refractivity contribution is -0.291. The Balaban J connectivity index is 2.56. The van der Waals surface area contributed by atoms with Crippen LogP contribution in [0.3, 0.4) is 0 Å².